The quantitative estimate of drug-likeness (QED) is 0.348. The van der Waals surface area contributed by atoms with E-state index in [0.717, 1.165) is 11.3 Å². The molecular formula is C25H29N7O4S. The molecule has 3 heterocycles. The number of nitrogens with zero attached hydrogens (tertiary/aromatic N) is 6. The minimum atomic E-state index is -3.96. The van der Waals surface area contributed by atoms with E-state index in [2.05, 4.69) is 29.9 Å². The highest BCUT2D eigenvalue weighted by atomic mass is 32.2. The first kappa shape index (κ1) is 26.0. The van der Waals surface area contributed by atoms with Crippen LogP contribution in [0.5, 0.6) is 11.5 Å². The molecular weight excluding hydrogens is 494 g/mol. The molecule has 0 aliphatic heterocycles. The molecule has 3 aromatic heterocycles. The van der Waals surface area contributed by atoms with E-state index in [1.165, 1.54) is 14.2 Å². The second-order valence-corrected chi connectivity index (χ2v) is 10.7. The van der Waals surface area contributed by atoms with Crippen molar-refractivity contribution in [2.24, 2.45) is 0 Å². The van der Waals surface area contributed by atoms with Crippen molar-refractivity contribution >= 4 is 16.0 Å². The highest BCUT2D eigenvalue weighted by Gasteiger charge is 2.32. The number of pyridine rings is 1. The first-order valence-corrected chi connectivity index (χ1v) is 13.1. The summed E-state index contributed by atoms with van der Waals surface area (Å²) < 4.78 is 42.5. The van der Waals surface area contributed by atoms with E-state index in [9.17, 15) is 8.42 Å². The van der Waals surface area contributed by atoms with Gasteiger partial charge in [-0.1, -0.05) is 13.0 Å². The van der Waals surface area contributed by atoms with Crippen LogP contribution in [0.25, 0.3) is 17.1 Å². The van der Waals surface area contributed by atoms with E-state index in [-0.39, 0.29) is 5.95 Å². The average molecular weight is 524 g/mol. The van der Waals surface area contributed by atoms with Crippen LogP contribution in [-0.4, -0.2) is 57.6 Å². The summed E-state index contributed by atoms with van der Waals surface area (Å²) in [6.45, 7) is 7.10. The van der Waals surface area contributed by atoms with Crippen molar-refractivity contribution in [3.63, 3.8) is 0 Å². The molecule has 37 heavy (non-hydrogen) atoms. The lowest BCUT2D eigenvalue weighted by Gasteiger charge is -2.21. The van der Waals surface area contributed by atoms with Crippen LogP contribution in [-0.2, 0) is 10.0 Å². The number of para-hydroxylation sites is 1. The Morgan fingerprint density at radius 2 is 1.59 bits per heavy atom. The fourth-order valence-electron chi connectivity index (χ4n) is 3.82. The Hall–Kier alpha value is -4.06. The van der Waals surface area contributed by atoms with Gasteiger partial charge in [-0.25, -0.2) is 18.4 Å². The summed E-state index contributed by atoms with van der Waals surface area (Å²) in [7, 11) is -0.921. The minimum Gasteiger partial charge on any atom is -0.494 e. The van der Waals surface area contributed by atoms with Crippen LogP contribution in [0.1, 0.15) is 36.8 Å². The summed E-state index contributed by atoms with van der Waals surface area (Å²) >= 11 is 0. The van der Waals surface area contributed by atoms with E-state index in [1.54, 1.807) is 61.3 Å². The minimum absolute atomic E-state index is 0.0175. The zero-order valence-electron chi connectivity index (χ0n) is 21.5. The monoisotopic (exact) mass is 523 g/mol. The summed E-state index contributed by atoms with van der Waals surface area (Å²) in [6.07, 6.45) is 4.98. The molecule has 0 saturated carbocycles. The maximum atomic E-state index is 13.6. The summed E-state index contributed by atoms with van der Waals surface area (Å²) in [5, 5.41) is 7.67. The lowest BCUT2D eigenvalue weighted by atomic mass is 10.1. The fourth-order valence-corrected chi connectivity index (χ4v) is 5.05. The molecule has 0 saturated heterocycles. The van der Waals surface area contributed by atoms with Crippen LogP contribution in [0.2, 0.25) is 0 Å². The molecule has 0 unspecified atom stereocenters. The van der Waals surface area contributed by atoms with Gasteiger partial charge in [0.2, 0.25) is 16.0 Å². The third-order valence-corrected chi connectivity index (χ3v) is 7.93. The van der Waals surface area contributed by atoms with Crippen LogP contribution in [0.3, 0.4) is 0 Å². The molecule has 0 radical (unpaired) electrons. The number of benzene rings is 1. The van der Waals surface area contributed by atoms with Crippen molar-refractivity contribution in [1.82, 2.24) is 29.7 Å². The molecule has 0 aliphatic rings. The molecule has 194 valence electrons. The Labute approximate surface area is 216 Å². The van der Waals surface area contributed by atoms with Crippen LogP contribution in [0.15, 0.2) is 48.9 Å². The summed E-state index contributed by atoms with van der Waals surface area (Å²) in [5.74, 6) is 1.20. The molecule has 4 rings (SSSR count). The number of hydrogen-bond acceptors (Lipinski definition) is 9. The number of hydrogen-bond donors (Lipinski definition) is 1. The van der Waals surface area contributed by atoms with E-state index >= 15 is 0 Å². The van der Waals surface area contributed by atoms with Crippen LogP contribution in [0.4, 0.5) is 5.95 Å². The first-order chi connectivity index (χ1) is 17.7. The van der Waals surface area contributed by atoms with Gasteiger partial charge < -0.3 is 9.47 Å². The molecule has 2 atom stereocenters. The second-order valence-electron chi connectivity index (χ2n) is 8.64. The molecule has 0 spiro atoms. The van der Waals surface area contributed by atoms with Gasteiger partial charge in [0.25, 0.3) is 0 Å². The Balaban J connectivity index is 1.83. The number of aromatic nitrogens is 6. The zero-order chi connectivity index (χ0) is 26.7. The Morgan fingerprint density at radius 3 is 2.19 bits per heavy atom. The highest BCUT2D eigenvalue weighted by molar-refractivity contribution is 7.93. The van der Waals surface area contributed by atoms with Gasteiger partial charge in [-0.15, -0.1) is 10.2 Å². The van der Waals surface area contributed by atoms with Gasteiger partial charge in [-0.2, -0.15) is 0 Å². The summed E-state index contributed by atoms with van der Waals surface area (Å²) in [5.41, 5.74) is 2.79. The zero-order valence-corrected chi connectivity index (χ0v) is 22.3. The maximum absolute atomic E-state index is 13.6. The molecule has 1 N–H and O–H groups in total. The lowest BCUT2D eigenvalue weighted by molar-refractivity contribution is 0.391. The van der Waals surface area contributed by atoms with Crippen LogP contribution >= 0.6 is 0 Å². The maximum Gasteiger partial charge on any atom is 0.243 e. The fraction of sp³-hybridized carbons (Fsp3) is 0.320. The van der Waals surface area contributed by atoms with Crippen molar-refractivity contribution in [3.8, 4) is 28.6 Å². The van der Waals surface area contributed by atoms with Gasteiger partial charge in [0.1, 0.15) is 23.0 Å². The second kappa shape index (κ2) is 10.5. The molecule has 4 aromatic rings. The van der Waals surface area contributed by atoms with Gasteiger partial charge in [-0.05, 0) is 50.6 Å². The van der Waals surface area contributed by atoms with Crippen molar-refractivity contribution in [1.29, 1.82) is 0 Å². The van der Waals surface area contributed by atoms with E-state index < -0.39 is 21.2 Å². The third-order valence-electron chi connectivity index (χ3n) is 6.08. The Morgan fingerprint density at radius 1 is 0.946 bits per heavy atom. The topological polar surface area (TPSA) is 134 Å². The average Bonchev–Trinajstić information content (AvgIpc) is 3.29. The number of anilines is 1. The number of methoxy groups -OCH3 is 2. The SMILES string of the molecule is COc1cccc(OC)c1-n1c(NS(=O)(=O)[C@@H](C)[C@H](C)c2ncc(C)cn2)nnc1-c1ccnc(C)c1. The normalized spacial score (nSPS) is 13.1. The lowest BCUT2D eigenvalue weighted by Crippen LogP contribution is -2.31. The standard InChI is InChI=1S/C25H29N7O4S/c1-15-13-27-23(28-14-15)17(3)18(4)37(33,34)31-25-30-29-24(19-10-11-26-16(2)12-19)32(25)22-20(35-5)8-7-9-21(22)36-6/h7-14,17-18H,1-6H3,(H,30,31)/t17-,18-/m0/s1. The largest absolute Gasteiger partial charge is 0.494 e. The summed E-state index contributed by atoms with van der Waals surface area (Å²) in [4.78, 5) is 12.9. The number of ether oxygens (including phenoxy) is 2. The van der Waals surface area contributed by atoms with Crippen molar-refractivity contribution in [2.45, 2.75) is 38.9 Å². The Bertz CT molecular complexity index is 1480. The smallest absolute Gasteiger partial charge is 0.243 e. The first-order valence-electron chi connectivity index (χ1n) is 11.6. The van der Waals surface area contributed by atoms with E-state index in [1.807, 2.05) is 19.9 Å². The number of rotatable bonds is 9. The highest BCUT2D eigenvalue weighted by Crippen LogP contribution is 2.38. The molecule has 12 heteroatoms. The van der Waals surface area contributed by atoms with Crippen LogP contribution < -0.4 is 14.2 Å². The molecule has 1 aromatic carbocycles. The Kier molecular flexibility index (Phi) is 7.39. The van der Waals surface area contributed by atoms with Gasteiger partial charge in [0.15, 0.2) is 5.82 Å². The van der Waals surface area contributed by atoms with E-state index in [0.29, 0.717) is 34.4 Å². The predicted octanol–water partition coefficient (Wildman–Crippen LogP) is 3.69. The van der Waals surface area contributed by atoms with Gasteiger partial charge in [-0.3, -0.25) is 14.3 Å². The number of nitrogens with one attached hydrogen (secondary N) is 1. The van der Waals surface area contributed by atoms with Gasteiger partial charge >= 0.3 is 0 Å². The molecule has 0 fully saturated rings. The van der Waals surface area contributed by atoms with E-state index in [4.69, 9.17) is 9.47 Å². The molecule has 0 amide bonds. The van der Waals surface area contributed by atoms with Crippen molar-refractivity contribution < 1.29 is 17.9 Å². The number of aryl methyl sites for hydroxylation is 2. The molecule has 0 bridgehead atoms. The number of sulfonamides is 1. The third kappa shape index (κ3) is 5.24. The molecule has 0 aliphatic carbocycles. The van der Waals surface area contributed by atoms with Crippen LogP contribution in [0, 0.1) is 13.8 Å². The summed E-state index contributed by atoms with van der Waals surface area (Å²) in [6, 6.07) is 8.87. The van der Waals surface area contributed by atoms with Gasteiger partial charge in [0, 0.05) is 35.8 Å². The van der Waals surface area contributed by atoms with Gasteiger partial charge in [0.05, 0.1) is 19.5 Å². The predicted molar refractivity (Wildman–Crippen MR) is 140 cm³/mol. The van der Waals surface area contributed by atoms with Crippen molar-refractivity contribution in [2.75, 3.05) is 18.9 Å². The molecule has 11 nitrogen and oxygen atoms in total. The van der Waals surface area contributed by atoms with Crippen molar-refractivity contribution in [3.05, 3.63) is 66.0 Å².